The molecule has 0 aliphatic carbocycles. The van der Waals surface area contributed by atoms with Gasteiger partial charge in [-0.2, -0.15) is 5.26 Å². The molecule has 0 fully saturated rings. The number of nitrogen functional groups attached to an aromatic ring is 1. The summed E-state index contributed by atoms with van der Waals surface area (Å²) < 4.78 is 0. The summed E-state index contributed by atoms with van der Waals surface area (Å²) in [5.74, 6) is 0.629. The third kappa shape index (κ3) is 2.28. The van der Waals surface area contributed by atoms with Gasteiger partial charge in [0.1, 0.15) is 5.82 Å². The summed E-state index contributed by atoms with van der Waals surface area (Å²) in [5, 5.41) is 11.8. The van der Waals surface area contributed by atoms with Gasteiger partial charge in [0.25, 0.3) is 0 Å². The largest absolute Gasteiger partial charge is 0.399 e. The summed E-state index contributed by atoms with van der Waals surface area (Å²) >= 11 is 0. The molecular formula is C12H10N4. The standard InChI is InChI=1S/C12H10N4/c13-8-9-4-5-15-12(6-9)16-11-3-1-2-10(14)7-11/h1-7H,14H2,(H,15,16). The number of hydrogen-bond donors (Lipinski definition) is 2. The van der Waals surface area contributed by atoms with Gasteiger partial charge in [0.15, 0.2) is 0 Å². The minimum Gasteiger partial charge on any atom is -0.399 e. The number of nitrogens with two attached hydrogens (primary N) is 1. The van der Waals surface area contributed by atoms with E-state index >= 15 is 0 Å². The topological polar surface area (TPSA) is 74.7 Å². The number of rotatable bonds is 2. The van der Waals surface area contributed by atoms with E-state index in [9.17, 15) is 0 Å². The number of nitrogens with one attached hydrogen (secondary N) is 1. The molecule has 78 valence electrons. The van der Waals surface area contributed by atoms with Crippen molar-refractivity contribution in [3.63, 3.8) is 0 Å². The van der Waals surface area contributed by atoms with Crippen LogP contribution >= 0.6 is 0 Å². The molecule has 4 heteroatoms. The van der Waals surface area contributed by atoms with Crippen LogP contribution in [0.15, 0.2) is 42.6 Å². The minimum atomic E-state index is 0.571. The van der Waals surface area contributed by atoms with Crippen LogP contribution < -0.4 is 11.1 Å². The molecule has 1 heterocycles. The highest BCUT2D eigenvalue weighted by Crippen LogP contribution is 2.17. The molecule has 2 rings (SSSR count). The van der Waals surface area contributed by atoms with Crippen molar-refractivity contribution in [3.8, 4) is 6.07 Å². The SMILES string of the molecule is N#Cc1ccnc(Nc2cccc(N)c2)c1. The third-order valence-electron chi connectivity index (χ3n) is 2.05. The van der Waals surface area contributed by atoms with Crippen LogP contribution in [0.2, 0.25) is 0 Å². The Morgan fingerprint density at radius 2 is 2.12 bits per heavy atom. The zero-order chi connectivity index (χ0) is 11.4. The van der Waals surface area contributed by atoms with Gasteiger partial charge in [-0.3, -0.25) is 0 Å². The van der Waals surface area contributed by atoms with Gasteiger partial charge in [0.05, 0.1) is 11.6 Å². The second kappa shape index (κ2) is 4.32. The summed E-state index contributed by atoms with van der Waals surface area (Å²) in [5.41, 5.74) is 7.76. The van der Waals surface area contributed by atoms with Crippen LogP contribution in [0.1, 0.15) is 5.56 Å². The number of benzene rings is 1. The lowest BCUT2D eigenvalue weighted by atomic mass is 10.2. The molecule has 16 heavy (non-hydrogen) atoms. The van der Waals surface area contributed by atoms with Crippen LogP contribution in [0.4, 0.5) is 17.2 Å². The number of pyridine rings is 1. The second-order valence-electron chi connectivity index (χ2n) is 3.29. The minimum absolute atomic E-state index is 0.571. The van der Waals surface area contributed by atoms with Crippen LogP contribution in [-0.2, 0) is 0 Å². The fourth-order valence-corrected chi connectivity index (χ4v) is 1.33. The normalized spacial score (nSPS) is 9.44. The van der Waals surface area contributed by atoms with Gasteiger partial charge < -0.3 is 11.1 Å². The van der Waals surface area contributed by atoms with Crippen molar-refractivity contribution >= 4 is 17.2 Å². The molecule has 0 aliphatic rings. The maximum Gasteiger partial charge on any atom is 0.131 e. The molecule has 0 amide bonds. The Labute approximate surface area is 93.4 Å². The molecule has 3 N–H and O–H groups in total. The number of anilines is 3. The predicted molar refractivity (Wildman–Crippen MR) is 63.1 cm³/mol. The van der Waals surface area contributed by atoms with E-state index in [-0.39, 0.29) is 0 Å². The highest BCUT2D eigenvalue weighted by molar-refractivity contribution is 5.61. The Morgan fingerprint density at radius 1 is 1.25 bits per heavy atom. The first-order chi connectivity index (χ1) is 7.78. The van der Waals surface area contributed by atoms with Crippen molar-refractivity contribution in [1.82, 2.24) is 4.98 Å². The van der Waals surface area contributed by atoms with Crippen LogP contribution in [0.5, 0.6) is 0 Å². The van der Waals surface area contributed by atoms with Gasteiger partial charge >= 0.3 is 0 Å². The van der Waals surface area contributed by atoms with Gasteiger partial charge in [0.2, 0.25) is 0 Å². The monoisotopic (exact) mass is 210 g/mol. The fraction of sp³-hybridized carbons (Fsp3) is 0. The Balaban J connectivity index is 2.24. The summed E-state index contributed by atoms with van der Waals surface area (Å²) in [7, 11) is 0. The van der Waals surface area contributed by atoms with Crippen molar-refractivity contribution in [3.05, 3.63) is 48.2 Å². The summed E-state index contributed by atoms with van der Waals surface area (Å²) in [4.78, 5) is 4.11. The molecule has 0 saturated heterocycles. The molecule has 1 aromatic carbocycles. The molecule has 0 aliphatic heterocycles. The molecule has 0 saturated carbocycles. The average Bonchev–Trinajstić information content (AvgIpc) is 2.29. The van der Waals surface area contributed by atoms with Gasteiger partial charge in [-0.15, -0.1) is 0 Å². The lowest BCUT2D eigenvalue weighted by Gasteiger charge is -2.05. The summed E-state index contributed by atoms with van der Waals surface area (Å²) in [6.07, 6.45) is 1.59. The summed E-state index contributed by atoms with van der Waals surface area (Å²) in [6, 6.07) is 12.8. The van der Waals surface area contributed by atoms with Crippen molar-refractivity contribution in [2.45, 2.75) is 0 Å². The summed E-state index contributed by atoms with van der Waals surface area (Å²) in [6.45, 7) is 0. The predicted octanol–water partition coefficient (Wildman–Crippen LogP) is 2.28. The zero-order valence-electron chi connectivity index (χ0n) is 8.51. The number of nitriles is 1. The van der Waals surface area contributed by atoms with Crippen molar-refractivity contribution < 1.29 is 0 Å². The van der Waals surface area contributed by atoms with Crippen LogP contribution in [-0.4, -0.2) is 4.98 Å². The molecule has 4 nitrogen and oxygen atoms in total. The average molecular weight is 210 g/mol. The van der Waals surface area contributed by atoms with Gasteiger partial charge in [-0.05, 0) is 30.3 Å². The lowest BCUT2D eigenvalue weighted by Crippen LogP contribution is -1.94. The molecule has 0 radical (unpaired) electrons. The first-order valence-corrected chi connectivity index (χ1v) is 4.76. The van der Waals surface area contributed by atoms with Gasteiger partial charge in [-0.1, -0.05) is 6.07 Å². The van der Waals surface area contributed by atoms with Gasteiger partial charge in [0, 0.05) is 17.6 Å². The maximum absolute atomic E-state index is 8.75. The van der Waals surface area contributed by atoms with E-state index in [1.54, 1.807) is 24.4 Å². The molecule has 0 unspecified atom stereocenters. The van der Waals surface area contributed by atoms with Crippen LogP contribution in [0.25, 0.3) is 0 Å². The highest BCUT2D eigenvalue weighted by Gasteiger charge is 1.97. The number of aromatic nitrogens is 1. The quantitative estimate of drug-likeness (QED) is 0.745. The van der Waals surface area contributed by atoms with Crippen LogP contribution in [0, 0.1) is 11.3 Å². The van der Waals surface area contributed by atoms with E-state index in [2.05, 4.69) is 16.4 Å². The smallest absolute Gasteiger partial charge is 0.131 e. The number of hydrogen-bond acceptors (Lipinski definition) is 4. The molecule has 1 aromatic heterocycles. The van der Waals surface area contributed by atoms with E-state index in [4.69, 9.17) is 11.0 Å². The second-order valence-corrected chi connectivity index (χ2v) is 3.29. The van der Waals surface area contributed by atoms with Crippen molar-refractivity contribution in [1.29, 1.82) is 5.26 Å². The first kappa shape index (κ1) is 9.99. The van der Waals surface area contributed by atoms with Gasteiger partial charge in [-0.25, -0.2) is 4.98 Å². The Morgan fingerprint density at radius 3 is 2.88 bits per heavy atom. The molecule has 0 spiro atoms. The van der Waals surface area contributed by atoms with Crippen molar-refractivity contribution in [2.75, 3.05) is 11.1 Å². The van der Waals surface area contributed by atoms with E-state index in [0.717, 1.165) is 5.69 Å². The molecule has 0 atom stereocenters. The van der Waals surface area contributed by atoms with E-state index < -0.39 is 0 Å². The first-order valence-electron chi connectivity index (χ1n) is 4.76. The fourth-order valence-electron chi connectivity index (χ4n) is 1.33. The number of nitrogens with zero attached hydrogens (tertiary/aromatic N) is 2. The maximum atomic E-state index is 8.75. The third-order valence-corrected chi connectivity index (χ3v) is 2.05. The van der Waals surface area contributed by atoms with E-state index in [0.29, 0.717) is 17.1 Å². The molecule has 2 aromatic rings. The Bertz CT molecular complexity index is 543. The van der Waals surface area contributed by atoms with Crippen LogP contribution in [0.3, 0.4) is 0 Å². The zero-order valence-corrected chi connectivity index (χ0v) is 8.51. The lowest BCUT2D eigenvalue weighted by molar-refractivity contribution is 1.29. The Kier molecular flexibility index (Phi) is 2.70. The molecular weight excluding hydrogens is 200 g/mol. The highest BCUT2D eigenvalue weighted by atomic mass is 15.0. The molecule has 0 bridgehead atoms. The Hall–Kier alpha value is -2.54. The van der Waals surface area contributed by atoms with Crippen molar-refractivity contribution in [2.24, 2.45) is 0 Å². The van der Waals surface area contributed by atoms with E-state index in [1.165, 1.54) is 0 Å². The van der Waals surface area contributed by atoms with E-state index in [1.807, 2.05) is 18.2 Å².